The van der Waals surface area contributed by atoms with Gasteiger partial charge in [0.2, 0.25) is 0 Å². The Kier molecular flexibility index (Phi) is 4.54. The predicted molar refractivity (Wildman–Crippen MR) is 75.2 cm³/mol. The molecule has 0 aliphatic heterocycles. The summed E-state index contributed by atoms with van der Waals surface area (Å²) in [5, 5.41) is 0. The van der Waals surface area contributed by atoms with E-state index in [0.717, 1.165) is 9.79 Å². The molecular weight excluding hydrogens is 248 g/mol. The highest BCUT2D eigenvalue weighted by molar-refractivity contribution is 8.07. The summed E-state index contributed by atoms with van der Waals surface area (Å²) in [5.74, 6) is 0. The summed E-state index contributed by atoms with van der Waals surface area (Å²) in [4.78, 5) is 2.24. The van der Waals surface area contributed by atoms with Crippen LogP contribution < -0.4 is 0 Å². The van der Waals surface area contributed by atoms with E-state index in [4.69, 9.17) is 3.63 Å². The molecule has 0 fully saturated rings. The number of benzene rings is 2. The third-order valence-electron chi connectivity index (χ3n) is 2.30. The predicted octanol–water partition coefficient (Wildman–Crippen LogP) is 5.03. The van der Waals surface area contributed by atoms with E-state index in [2.05, 4.69) is 62.4 Å². The second-order valence-corrected chi connectivity index (χ2v) is 5.68. The minimum atomic E-state index is 1.12. The van der Waals surface area contributed by atoms with Crippen LogP contribution in [0.2, 0.25) is 0 Å². The van der Waals surface area contributed by atoms with Gasteiger partial charge in [-0.2, -0.15) is 0 Å². The second kappa shape index (κ2) is 6.15. The maximum atomic E-state index is 5.52. The minimum absolute atomic E-state index is 1.12. The number of hydrogen-bond acceptors (Lipinski definition) is 3. The van der Waals surface area contributed by atoms with Crippen molar-refractivity contribution in [2.75, 3.05) is 0 Å². The molecule has 0 atom stereocenters. The lowest BCUT2D eigenvalue weighted by Crippen LogP contribution is -1.75. The lowest BCUT2D eigenvalue weighted by atomic mass is 10.2. The van der Waals surface area contributed by atoms with Crippen molar-refractivity contribution in [3.63, 3.8) is 0 Å². The molecule has 0 radical (unpaired) electrons. The summed E-state index contributed by atoms with van der Waals surface area (Å²) in [6.45, 7) is 4.16. The molecule has 3 heteroatoms. The number of hydrogen-bond donors (Lipinski definition) is 0. The molecule has 0 heterocycles. The van der Waals surface area contributed by atoms with Gasteiger partial charge in [0, 0.05) is 33.9 Å². The highest BCUT2D eigenvalue weighted by atomic mass is 32.2. The minimum Gasteiger partial charge on any atom is -0.237 e. The average Bonchev–Trinajstić information content (AvgIpc) is 2.34. The van der Waals surface area contributed by atoms with Gasteiger partial charge in [-0.05, 0) is 38.1 Å². The third-order valence-corrected chi connectivity index (χ3v) is 3.78. The molecule has 17 heavy (non-hydrogen) atoms. The molecule has 0 amide bonds. The summed E-state index contributed by atoms with van der Waals surface area (Å²) in [6, 6.07) is 16.6. The summed E-state index contributed by atoms with van der Waals surface area (Å²) in [7, 11) is 0. The van der Waals surface area contributed by atoms with E-state index in [1.165, 1.54) is 35.2 Å². The molecule has 0 spiro atoms. The lowest BCUT2D eigenvalue weighted by molar-refractivity contribution is 0.756. The smallest absolute Gasteiger partial charge is 0.0447 e. The van der Waals surface area contributed by atoms with Crippen molar-refractivity contribution >= 4 is 24.1 Å². The Labute approximate surface area is 111 Å². The molecule has 1 nitrogen and oxygen atoms in total. The zero-order valence-corrected chi connectivity index (χ0v) is 11.5. The highest BCUT2D eigenvalue weighted by Gasteiger charge is 1.97. The Balaban J connectivity index is 1.83. The Bertz CT molecular complexity index is 417. The molecule has 2 aromatic rings. The van der Waals surface area contributed by atoms with Gasteiger partial charge < -0.3 is 0 Å². The van der Waals surface area contributed by atoms with Crippen molar-refractivity contribution < 1.29 is 3.63 Å². The van der Waals surface area contributed by atoms with Crippen LogP contribution >= 0.6 is 24.1 Å². The van der Waals surface area contributed by atoms with E-state index in [1.54, 1.807) is 0 Å². The van der Waals surface area contributed by atoms with Crippen molar-refractivity contribution in [1.82, 2.24) is 0 Å². The van der Waals surface area contributed by atoms with Crippen LogP contribution in [0.5, 0.6) is 0 Å². The van der Waals surface area contributed by atoms with E-state index < -0.39 is 0 Å². The van der Waals surface area contributed by atoms with Gasteiger partial charge in [0.05, 0.1) is 0 Å². The fraction of sp³-hybridized carbons (Fsp3) is 0.143. The molecule has 0 aliphatic carbocycles. The van der Waals surface area contributed by atoms with Crippen molar-refractivity contribution in [2.45, 2.75) is 23.6 Å². The largest absolute Gasteiger partial charge is 0.237 e. The van der Waals surface area contributed by atoms with Crippen LogP contribution in [-0.4, -0.2) is 0 Å². The monoisotopic (exact) mass is 262 g/mol. The number of aryl methyl sites for hydroxylation is 2. The van der Waals surface area contributed by atoms with Gasteiger partial charge in [0.25, 0.3) is 0 Å². The van der Waals surface area contributed by atoms with Gasteiger partial charge in [-0.1, -0.05) is 35.4 Å². The van der Waals surface area contributed by atoms with Crippen molar-refractivity contribution in [3.8, 4) is 0 Å². The van der Waals surface area contributed by atoms with Crippen LogP contribution in [0.25, 0.3) is 0 Å². The first kappa shape index (κ1) is 12.6. The Morgan fingerprint density at radius 2 is 1.00 bits per heavy atom. The maximum Gasteiger partial charge on any atom is 0.0447 e. The molecule has 0 unspecified atom stereocenters. The molecule has 0 aromatic heterocycles. The van der Waals surface area contributed by atoms with E-state index in [-0.39, 0.29) is 0 Å². The van der Waals surface area contributed by atoms with Crippen LogP contribution in [0, 0.1) is 13.8 Å². The molecule has 0 bridgehead atoms. The second-order valence-electron chi connectivity index (χ2n) is 3.86. The molecule has 0 aliphatic rings. The van der Waals surface area contributed by atoms with Gasteiger partial charge >= 0.3 is 0 Å². The van der Waals surface area contributed by atoms with Crippen LogP contribution in [-0.2, 0) is 3.63 Å². The van der Waals surface area contributed by atoms with E-state index in [9.17, 15) is 0 Å². The van der Waals surface area contributed by atoms with Crippen LogP contribution in [0.1, 0.15) is 11.1 Å². The fourth-order valence-electron chi connectivity index (χ4n) is 1.28. The topological polar surface area (TPSA) is 9.23 Å². The summed E-state index contributed by atoms with van der Waals surface area (Å²) >= 11 is 2.78. The molecular formula is C14H14OS2. The van der Waals surface area contributed by atoms with E-state index in [0.29, 0.717) is 0 Å². The Morgan fingerprint density at radius 3 is 1.35 bits per heavy atom. The number of rotatable bonds is 4. The van der Waals surface area contributed by atoms with Crippen molar-refractivity contribution in [3.05, 3.63) is 59.7 Å². The zero-order valence-electron chi connectivity index (χ0n) is 9.84. The third kappa shape index (κ3) is 4.11. The molecule has 2 aromatic carbocycles. The average molecular weight is 262 g/mol. The molecule has 0 saturated heterocycles. The molecule has 0 N–H and O–H groups in total. The van der Waals surface area contributed by atoms with Crippen molar-refractivity contribution in [1.29, 1.82) is 0 Å². The normalized spacial score (nSPS) is 10.5. The molecule has 88 valence electrons. The summed E-state index contributed by atoms with van der Waals surface area (Å²) < 4.78 is 5.52. The zero-order chi connectivity index (χ0) is 12.1. The van der Waals surface area contributed by atoms with Gasteiger partial charge in [0.1, 0.15) is 0 Å². The highest BCUT2D eigenvalue weighted by Crippen LogP contribution is 2.29. The Morgan fingerprint density at radius 1 is 0.647 bits per heavy atom. The molecule has 2 rings (SSSR count). The van der Waals surface area contributed by atoms with Gasteiger partial charge in [-0.3, -0.25) is 0 Å². The summed E-state index contributed by atoms with van der Waals surface area (Å²) in [6.07, 6.45) is 0. The summed E-state index contributed by atoms with van der Waals surface area (Å²) in [5.41, 5.74) is 2.53. The van der Waals surface area contributed by atoms with Crippen LogP contribution in [0.4, 0.5) is 0 Å². The van der Waals surface area contributed by atoms with Gasteiger partial charge in [-0.25, -0.2) is 3.63 Å². The lowest BCUT2D eigenvalue weighted by Gasteiger charge is -2.02. The van der Waals surface area contributed by atoms with Crippen molar-refractivity contribution in [2.24, 2.45) is 0 Å². The first-order chi connectivity index (χ1) is 8.24. The van der Waals surface area contributed by atoms with E-state index in [1.807, 2.05) is 0 Å². The SMILES string of the molecule is Cc1ccc(SOSc2ccc(C)cc2)cc1. The quantitative estimate of drug-likeness (QED) is 0.715. The van der Waals surface area contributed by atoms with E-state index >= 15 is 0 Å². The van der Waals surface area contributed by atoms with Crippen LogP contribution in [0.15, 0.2) is 58.3 Å². The molecule has 0 saturated carbocycles. The Hall–Kier alpha value is -0.900. The first-order valence-electron chi connectivity index (χ1n) is 5.38. The fourth-order valence-corrected chi connectivity index (χ4v) is 2.54. The van der Waals surface area contributed by atoms with Gasteiger partial charge in [-0.15, -0.1) is 0 Å². The van der Waals surface area contributed by atoms with Crippen LogP contribution in [0.3, 0.4) is 0 Å². The maximum absolute atomic E-state index is 5.52. The standard InChI is InChI=1S/C14H14OS2/c1-11-3-7-13(8-4-11)16-15-17-14-9-5-12(2)6-10-14/h3-10H,1-2H3. The first-order valence-corrected chi connectivity index (χ1v) is 6.87. The van der Waals surface area contributed by atoms with Gasteiger partial charge in [0.15, 0.2) is 0 Å².